The number of ether oxygens (including phenoxy) is 1. The van der Waals surface area contributed by atoms with Gasteiger partial charge in [-0.1, -0.05) is 6.42 Å². The number of phosphoric ester groups is 1. The van der Waals surface area contributed by atoms with E-state index in [4.69, 9.17) is 9.26 Å². The molecule has 0 bridgehead atoms. The molecule has 248 valence electrons. The number of hydrogen-bond acceptors (Lipinski definition) is 12. The molecule has 8 atom stereocenters. The molecule has 0 aromatic carbocycles. The number of likely N-dealkylation sites (tertiary alicyclic amines) is 1. The van der Waals surface area contributed by atoms with Crippen LogP contribution in [0.1, 0.15) is 58.3 Å². The van der Waals surface area contributed by atoms with Gasteiger partial charge in [0.2, 0.25) is 23.6 Å². The first-order chi connectivity index (χ1) is 20.3. The van der Waals surface area contributed by atoms with Gasteiger partial charge in [-0.2, -0.15) is 0 Å². The van der Waals surface area contributed by atoms with Crippen molar-refractivity contribution in [3.05, 3.63) is 0 Å². The van der Waals surface area contributed by atoms with Crippen LogP contribution in [-0.4, -0.2) is 130 Å². The Kier molecular flexibility index (Phi) is 15.4. The number of phosphoric acid groups is 1. The van der Waals surface area contributed by atoms with Crippen molar-refractivity contribution in [1.29, 1.82) is 0 Å². The van der Waals surface area contributed by atoms with Crippen molar-refractivity contribution in [2.45, 2.75) is 101 Å². The van der Waals surface area contributed by atoms with Gasteiger partial charge >= 0.3 is 7.82 Å². The maximum absolute atomic E-state index is 12.6. The molecular formula is C25H45N4O13P. The smallest absolute Gasteiger partial charge is 0.394 e. The molecule has 0 saturated carbocycles. The molecule has 0 aromatic rings. The zero-order chi connectivity index (χ0) is 32.2. The van der Waals surface area contributed by atoms with Crippen LogP contribution in [0, 0.1) is 0 Å². The number of unbranched alkanes of at least 4 members (excludes halogenated alkanes) is 2. The maximum Gasteiger partial charge on any atom is 0.472 e. The van der Waals surface area contributed by atoms with Crippen molar-refractivity contribution >= 4 is 31.5 Å². The lowest BCUT2D eigenvalue weighted by Gasteiger charge is -2.42. The highest BCUT2D eigenvalue weighted by molar-refractivity contribution is 7.47. The Morgan fingerprint density at radius 1 is 0.953 bits per heavy atom. The van der Waals surface area contributed by atoms with Crippen LogP contribution >= 0.6 is 7.82 Å². The van der Waals surface area contributed by atoms with E-state index in [2.05, 4.69) is 20.5 Å². The van der Waals surface area contributed by atoms with Crippen LogP contribution in [0.3, 0.4) is 0 Å². The third-order valence-electron chi connectivity index (χ3n) is 7.22. The molecule has 0 aromatic heterocycles. The predicted molar refractivity (Wildman–Crippen MR) is 148 cm³/mol. The summed E-state index contributed by atoms with van der Waals surface area (Å²) in [5, 5.41) is 46.9. The summed E-state index contributed by atoms with van der Waals surface area (Å²) in [6.07, 6.45) is -3.60. The van der Waals surface area contributed by atoms with Crippen molar-refractivity contribution in [2.75, 3.05) is 33.4 Å². The van der Waals surface area contributed by atoms with E-state index in [1.54, 1.807) is 0 Å². The number of carbonyl (C=O) groups is 4. The number of carbonyl (C=O) groups excluding carboxylic acids is 4. The highest BCUT2D eigenvalue weighted by Gasteiger charge is 2.45. The van der Waals surface area contributed by atoms with Gasteiger partial charge in [0.25, 0.3) is 0 Å². The van der Waals surface area contributed by atoms with Crippen molar-refractivity contribution in [3.63, 3.8) is 0 Å². The second kappa shape index (κ2) is 17.9. The number of rotatable bonds is 17. The molecule has 6 unspecified atom stereocenters. The third kappa shape index (κ3) is 12.0. The Morgan fingerprint density at radius 2 is 1.65 bits per heavy atom. The van der Waals surface area contributed by atoms with Crippen molar-refractivity contribution < 1.29 is 62.8 Å². The minimum Gasteiger partial charge on any atom is -0.394 e. The first-order valence-electron chi connectivity index (χ1n) is 14.2. The van der Waals surface area contributed by atoms with Gasteiger partial charge in [-0.05, 0) is 25.7 Å². The van der Waals surface area contributed by atoms with Gasteiger partial charge < -0.3 is 50.9 Å². The predicted octanol–water partition coefficient (Wildman–Crippen LogP) is -2.38. The molecule has 2 heterocycles. The molecular weight excluding hydrogens is 595 g/mol. The lowest BCUT2D eigenvalue weighted by Crippen LogP contribution is -2.68. The number of amides is 4. The second-order valence-corrected chi connectivity index (χ2v) is 12.1. The molecule has 2 saturated heterocycles. The summed E-state index contributed by atoms with van der Waals surface area (Å²) in [5.41, 5.74) is 0. The largest absolute Gasteiger partial charge is 0.472 e. The minimum atomic E-state index is -4.21. The van der Waals surface area contributed by atoms with Gasteiger partial charge in [-0.25, -0.2) is 4.57 Å². The molecule has 43 heavy (non-hydrogen) atoms. The zero-order valence-electron chi connectivity index (χ0n) is 24.4. The van der Waals surface area contributed by atoms with Gasteiger partial charge in [-0.15, -0.1) is 0 Å². The molecule has 2 aliphatic rings. The van der Waals surface area contributed by atoms with E-state index in [-0.39, 0.29) is 57.1 Å². The molecule has 0 radical (unpaired) electrons. The standard InChI is InChI=1S/C25H45N4O13P/c1-15(32)27-22-24(37)23(36)18(14-31)41-25(22)28-20(34)8-6-7-19(33)26-10-5-3-4-9-21(35)29-12-17(11-16(29)13-30)42-43(38,39)40-2/h16-18,22-25,30-31,36-37H,3-14H2,1-2H3,(H,26,33)(H,27,32)(H,28,34)(H,38,39)/t16-,17+,18?,22?,23?,24?,25?/m0/s1. The lowest BCUT2D eigenvalue weighted by molar-refractivity contribution is -0.203. The Labute approximate surface area is 249 Å². The van der Waals surface area contributed by atoms with Gasteiger partial charge in [0.1, 0.15) is 24.4 Å². The fourth-order valence-corrected chi connectivity index (χ4v) is 5.59. The third-order valence-corrected chi connectivity index (χ3v) is 8.24. The fourth-order valence-electron chi connectivity index (χ4n) is 4.97. The Morgan fingerprint density at radius 3 is 2.28 bits per heavy atom. The van der Waals surface area contributed by atoms with E-state index in [1.165, 1.54) is 11.8 Å². The molecule has 4 amide bonds. The van der Waals surface area contributed by atoms with Gasteiger partial charge in [0, 0.05) is 46.4 Å². The summed E-state index contributed by atoms with van der Waals surface area (Å²) >= 11 is 0. The number of aliphatic hydroxyl groups is 4. The van der Waals surface area contributed by atoms with Gasteiger partial charge in [-0.3, -0.25) is 28.2 Å². The molecule has 2 fully saturated rings. The van der Waals surface area contributed by atoms with Crippen LogP contribution in [0.4, 0.5) is 0 Å². The SMILES string of the molecule is COP(=O)(O)O[C@@H]1C[C@@H](CO)N(C(=O)CCCCCNC(=O)CCCC(=O)NC2OC(CO)C(O)C(O)C2NC(C)=O)C1. The van der Waals surface area contributed by atoms with E-state index >= 15 is 0 Å². The van der Waals surface area contributed by atoms with E-state index < -0.39 is 69.0 Å². The van der Waals surface area contributed by atoms with Crippen LogP contribution in [0.15, 0.2) is 0 Å². The molecule has 0 aliphatic carbocycles. The summed E-state index contributed by atoms with van der Waals surface area (Å²) < 4.78 is 26.5. The van der Waals surface area contributed by atoms with Crippen LogP contribution in [0.2, 0.25) is 0 Å². The first-order valence-corrected chi connectivity index (χ1v) is 15.7. The van der Waals surface area contributed by atoms with Crippen molar-refractivity contribution in [1.82, 2.24) is 20.9 Å². The van der Waals surface area contributed by atoms with Crippen LogP contribution in [-0.2, 0) is 37.5 Å². The Balaban J connectivity index is 1.62. The topological polar surface area (TPSA) is 254 Å². The second-order valence-electron chi connectivity index (χ2n) is 10.6. The summed E-state index contributed by atoms with van der Waals surface area (Å²) in [7, 11) is -3.17. The van der Waals surface area contributed by atoms with Crippen LogP contribution < -0.4 is 16.0 Å². The molecule has 17 nitrogen and oxygen atoms in total. The summed E-state index contributed by atoms with van der Waals surface area (Å²) in [6, 6.07) is -1.65. The highest BCUT2D eigenvalue weighted by Crippen LogP contribution is 2.45. The molecule has 2 rings (SSSR count). The number of nitrogens with zero attached hydrogens (tertiary/aromatic N) is 1. The molecule has 0 spiro atoms. The van der Waals surface area contributed by atoms with E-state index in [1.807, 2.05) is 0 Å². The first kappa shape index (κ1) is 37.0. The van der Waals surface area contributed by atoms with E-state index in [9.17, 15) is 49.1 Å². The monoisotopic (exact) mass is 640 g/mol. The van der Waals surface area contributed by atoms with E-state index in [0.717, 1.165) is 7.11 Å². The molecule has 8 N–H and O–H groups in total. The zero-order valence-corrected chi connectivity index (χ0v) is 25.3. The van der Waals surface area contributed by atoms with Crippen molar-refractivity contribution in [3.8, 4) is 0 Å². The Hall–Kier alpha value is -2.21. The fraction of sp³-hybridized carbons (Fsp3) is 0.840. The summed E-state index contributed by atoms with van der Waals surface area (Å²) in [6.45, 7) is 0.733. The molecule has 18 heteroatoms. The van der Waals surface area contributed by atoms with Crippen molar-refractivity contribution in [2.24, 2.45) is 0 Å². The number of aliphatic hydroxyl groups excluding tert-OH is 4. The minimum absolute atomic E-state index is 0.0524. The summed E-state index contributed by atoms with van der Waals surface area (Å²) in [5.74, 6) is -1.51. The normalized spacial score (nSPS) is 28.6. The number of nitrogens with one attached hydrogen (secondary N) is 3. The quantitative estimate of drug-likeness (QED) is 0.0611. The molecule has 2 aliphatic heterocycles. The van der Waals surface area contributed by atoms with Gasteiger partial charge in [0.05, 0.1) is 25.4 Å². The summed E-state index contributed by atoms with van der Waals surface area (Å²) in [4.78, 5) is 59.5. The maximum atomic E-state index is 12.6. The average molecular weight is 641 g/mol. The Bertz CT molecular complexity index is 989. The lowest BCUT2D eigenvalue weighted by atomic mass is 9.96. The van der Waals surface area contributed by atoms with Crippen LogP contribution in [0.25, 0.3) is 0 Å². The van der Waals surface area contributed by atoms with Crippen LogP contribution in [0.5, 0.6) is 0 Å². The highest BCUT2D eigenvalue weighted by atomic mass is 31.2. The average Bonchev–Trinajstić information content (AvgIpc) is 3.36. The van der Waals surface area contributed by atoms with Gasteiger partial charge in [0.15, 0.2) is 6.23 Å². The van der Waals surface area contributed by atoms with E-state index in [0.29, 0.717) is 25.8 Å². The number of hydrogen-bond donors (Lipinski definition) is 8.